The Morgan fingerprint density at radius 3 is 2.86 bits per heavy atom. The van der Waals surface area contributed by atoms with Crippen LogP contribution in [0.4, 0.5) is 5.69 Å². The summed E-state index contributed by atoms with van der Waals surface area (Å²) in [6, 6.07) is 9.00. The average Bonchev–Trinajstić information content (AvgIpc) is 2.79. The fraction of sp³-hybridized carbons (Fsp3) is 0.294. The molecule has 0 spiro atoms. The van der Waals surface area contributed by atoms with Crippen molar-refractivity contribution in [1.82, 2.24) is 0 Å². The quantitative estimate of drug-likeness (QED) is 0.685. The zero-order valence-corrected chi connectivity index (χ0v) is 12.5. The first-order chi connectivity index (χ1) is 10.3. The fourth-order valence-electron chi connectivity index (χ4n) is 2.66. The Morgan fingerprint density at radius 2 is 2.00 bits per heavy atom. The van der Waals surface area contributed by atoms with Gasteiger partial charge >= 0.3 is 0 Å². The van der Waals surface area contributed by atoms with Crippen molar-refractivity contribution in [3.8, 4) is 0 Å². The largest absolute Gasteiger partial charge is 0.321 e. The molecule has 0 radical (unpaired) electrons. The molecule has 0 aliphatic heterocycles. The second-order valence-electron chi connectivity index (χ2n) is 5.32. The van der Waals surface area contributed by atoms with E-state index in [0.717, 1.165) is 24.0 Å². The third-order valence-corrected chi connectivity index (χ3v) is 4.99. The second-order valence-corrected chi connectivity index (χ2v) is 6.45. The van der Waals surface area contributed by atoms with Crippen LogP contribution in [0.15, 0.2) is 30.3 Å². The van der Waals surface area contributed by atoms with Crippen molar-refractivity contribution in [2.45, 2.75) is 32.1 Å². The van der Waals surface area contributed by atoms with E-state index < -0.39 is 0 Å². The zero-order chi connectivity index (χ0) is 14.7. The van der Waals surface area contributed by atoms with Gasteiger partial charge in [0.15, 0.2) is 0 Å². The number of hydrogen-bond donors (Lipinski definition) is 1. The number of carbonyl (C=O) groups excluding carboxylic acids is 2. The number of thiophene rings is 1. The lowest BCUT2D eigenvalue weighted by molar-refractivity contribution is 0.102. The van der Waals surface area contributed by atoms with Gasteiger partial charge in [-0.05, 0) is 49.4 Å². The number of carbonyl (C=O) groups is 2. The first-order valence-electron chi connectivity index (χ1n) is 7.24. The van der Waals surface area contributed by atoms with Gasteiger partial charge in [0.05, 0.1) is 4.88 Å². The maximum atomic E-state index is 12.3. The number of anilines is 1. The third-order valence-electron chi connectivity index (χ3n) is 3.75. The molecule has 4 heteroatoms. The number of rotatable bonds is 3. The van der Waals surface area contributed by atoms with E-state index in [4.69, 9.17) is 0 Å². The monoisotopic (exact) mass is 299 g/mol. The Morgan fingerprint density at radius 1 is 1.14 bits per heavy atom. The van der Waals surface area contributed by atoms with Crippen LogP contribution in [0.5, 0.6) is 0 Å². The molecule has 0 fully saturated rings. The summed E-state index contributed by atoms with van der Waals surface area (Å²) in [5.41, 5.74) is 2.56. The minimum Gasteiger partial charge on any atom is -0.321 e. The van der Waals surface area contributed by atoms with Crippen LogP contribution in [0.1, 0.15) is 49.7 Å². The molecule has 0 atom stereocenters. The van der Waals surface area contributed by atoms with E-state index in [1.54, 1.807) is 35.6 Å². The molecule has 1 aromatic carbocycles. The minimum absolute atomic E-state index is 0.0869. The predicted octanol–water partition coefficient (Wildman–Crippen LogP) is 4.08. The molecule has 1 aliphatic rings. The van der Waals surface area contributed by atoms with Gasteiger partial charge in [-0.3, -0.25) is 9.59 Å². The molecule has 1 amide bonds. The Hall–Kier alpha value is -1.94. The van der Waals surface area contributed by atoms with Crippen LogP contribution in [0, 0.1) is 0 Å². The van der Waals surface area contributed by atoms with Crippen LogP contribution < -0.4 is 5.32 Å². The van der Waals surface area contributed by atoms with Gasteiger partial charge in [0.25, 0.3) is 5.91 Å². The van der Waals surface area contributed by atoms with Gasteiger partial charge < -0.3 is 5.32 Å². The summed E-state index contributed by atoms with van der Waals surface area (Å²) in [6.07, 6.45) is 6.67. The first-order valence-corrected chi connectivity index (χ1v) is 8.06. The van der Waals surface area contributed by atoms with Crippen molar-refractivity contribution in [2.75, 3.05) is 5.32 Å². The first kappa shape index (κ1) is 14.0. The molecule has 1 aliphatic carbocycles. The highest BCUT2D eigenvalue weighted by atomic mass is 32.1. The van der Waals surface area contributed by atoms with Gasteiger partial charge in [-0.1, -0.05) is 18.6 Å². The molecule has 0 saturated carbocycles. The lowest BCUT2D eigenvalue weighted by Crippen LogP contribution is -2.10. The van der Waals surface area contributed by atoms with E-state index in [2.05, 4.69) is 5.32 Å². The summed E-state index contributed by atoms with van der Waals surface area (Å²) < 4.78 is 0. The van der Waals surface area contributed by atoms with Gasteiger partial charge in [0.1, 0.15) is 6.29 Å². The van der Waals surface area contributed by atoms with E-state index in [9.17, 15) is 9.59 Å². The summed E-state index contributed by atoms with van der Waals surface area (Å²) in [7, 11) is 0. The number of fused-ring (bicyclic) bond motifs is 1. The van der Waals surface area contributed by atoms with E-state index in [0.29, 0.717) is 11.3 Å². The predicted molar refractivity (Wildman–Crippen MR) is 85.4 cm³/mol. The van der Waals surface area contributed by atoms with Crippen molar-refractivity contribution in [1.29, 1.82) is 0 Å². The van der Waals surface area contributed by atoms with E-state index >= 15 is 0 Å². The van der Waals surface area contributed by atoms with Crippen LogP contribution in [-0.2, 0) is 12.8 Å². The van der Waals surface area contributed by atoms with Crippen molar-refractivity contribution < 1.29 is 9.59 Å². The number of nitrogens with one attached hydrogen (secondary N) is 1. The van der Waals surface area contributed by atoms with E-state index in [1.165, 1.54) is 29.7 Å². The summed E-state index contributed by atoms with van der Waals surface area (Å²) in [5.74, 6) is -0.0869. The smallest absolute Gasteiger partial charge is 0.265 e. The van der Waals surface area contributed by atoms with Crippen molar-refractivity contribution in [3.63, 3.8) is 0 Å². The minimum atomic E-state index is -0.0869. The molecule has 0 saturated heterocycles. The number of aryl methyl sites for hydroxylation is 2. The zero-order valence-electron chi connectivity index (χ0n) is 11.7. The lowest BCUT2D eigenvalue weighted by Gasteiger charge is -2.03. The van der Waals surface area contributed by atoms with Crippen LogP contribution in [0.2, 0.25) is 0 Å². The van der Waals surface area contributed by atoms with Gasteiger partial charge in [-0.15, -0.1) is 11.3 Å². The third kappa shape index (κ3) is 3.22. The molecular formula is C17H17NO2S. The highest BCUT2D eigenvalue weighted by Gasteiger charge is 2.16. The Kier molecular flexibility index (Phi) is 4.15. The number of amides is 1. The Bertz CT molecular complexity index is 652. The normalized spacial score (nSPS) is 14.1. The molecular weight excluding hydrogens is 282 g/mol. The SMILES string of the molecule is O=Cc1cccc(NC(=O)c2cc3c(s2)CCCCC3)c1. The van der Waals surface area contributed by atoms with Gasteiger partial charge in [0.2, 0.25) is 0 Å². The van der Waals surface area contributed by atoms with Gasteiger partial charge in [-0.2, -0.15) is 0 Å². The molecule has 3 nitrogen and oxygen atoms in total. The van der Waals surface area contributed by atoms with Crippen molar-refractivity contribution >= 4 is 29.2 Å². The fourth-order valence-corrected chi connectivity index (χ4v) is 3.81. The highest BCUT2D eigenvalue weighted by Crippen LogP contribution is 2.29. The summed E-state index contributed by atoms with van der Waals surface area (Å²) >= 11 is 1.60. The Balaban J connectivity index is 1.77. The maximum Gasteiger partial charge on any atom is 0.265 e. The average molecular weight is 299 g/mol. The maximum absolute atomic E-state index is 12.3. The standard InChI is InChI=1S/C17H17NO2S/c19-11-12-5-4-7-14(9-12)18-17(20)16-10-13-6-2-1-3-8-15(13)21-16/h4-5,7,9-11H,1-3,6,8H2,(H,18,20). The highest BCUT2D eigenvalue weighted by molar-refractivity contribution is 7.14. The molecule has 1 N–H and O–H groups in total. The summed E-state index contributed by atoms with van der Waals surface area (Å²) in [6.45, 7) is 0. The van der Waals surface area contributed by atoms with Crippen molar-refractivity contribution in [2.24, 2.45) is 0 Å². The molecule has 0 bridgehead atoms. The molecule has 3 rings (SSSR count). The van der Waals surface area contributed by atoms with E-state index in [-0.39, 0.29) is 5.91 Å². The molecule has 1 heterocycles. The topological polar surface area (TPSA) is 46.2 Å². The van der Waals surface area contributed by atoms with Crippen LogP contribution in [-0.4, -0.2) is 12.2 Å². The van der Waals surface area contributed by atoms with Crippen LogP contribution >= 0.6 is 11.3 Å². The van der Waals surface area contributed by atoms with Gasteiger partial charge in [0, 0.05) is 16.1 Å². The van der Waals surface area contributed by atoms with Gasteiger partial charge in [-0.25, -0.2) is 0 Å². The molecule has 21 heavy (non-hydrogen) atoms. The number of hydrogen-bond acceptors (Lipinski definition) is 3. The number of aldehydes is 1. The molecule has 2 aromatic rings. The molecule has 1 aromatic heterocycles. The molecule has 0 unspecified atom stereocenters. The molecule has 108 valence electrons. The summed E-state index contributed by atoms with van der Waals surface area (Å²) in [4.78, 5) is 25.2. The summed E-state index contributed by atoms with van der Waals surface area (Å²) in [5, 5.41) is 2.87. The second kappa shape index (κ2) is 6.22. The van der Waals surface area contributed by atoms with Crippen LogP contribution in [0.3, 0.4) is 0 Å². The lowest BCUT2D eigenvalue weighted by atomic mass is 10.1. The number of benzene rings is 1. The Labute approximate surface area is 128 Å². The van der Waals surface area contributed by atoms with E-state index in [1.807, 2.05) is 6.07 Å². The van der Waals surface area contributed by atoms with Crippen molar-refractivity contribution in [3.05, 3.63) is 51.2 Å². The van der Waals surface area contributed by atoms with Crippen LogP contribution in [0.25, 0.3) is 0 Å².